The van der Waals surface area contributed by atoms with Crippen LogP contribution in [0.3, 0.4) is 0 Å². The monoisotopic (exact) mass is 420 g/mol. The number of halogens is 3. The first-order valence-corrected chi connectivity index (χ1v) is 9.29. The number of amides is 1. The fourth-order valence-electron chi connectivity index (χ4n) is 2.49. The Balaban J connectivity index is 1.75. The Morgan fingerprint density at radius 2 is 1.93 bits per heavy atom. The smallest absolute Gasteiger partial charge is 0.234 e. The second-order valence-electron chi connectivity index (χ2n) is 5.78. The molecule has 0 bridgehead atoms. The maximum atomic E-state index is 13.7. The minimum Gasteiger partial charge on any atom is -0.507 e. The van der Waals surface area contributed by atoms with Gasteiger partial charge in [-0.25, -0.2) is 13.2 Å². The predicted octanol–water partition coefficient (Wildman–Crippen LogP) is 3.98. The number of nitrogens with zero attached hydrogens (tertiary/aromatic N) is 3. The molecule has 3 rings (SSSR count). The summed E-state index contributed by atoms with van der Waals surface area (Å²) in [5, 5.41) is 20.7. The highest BCUT2D eigenvalue weighted by molar-refractivity contribution is 7.99. The van der Waals surface area contributed by atoms with E-state index in [1.54, 1.807) is 28.8 Å². The van der Waals surface area contributed by atoms with Crippen molar-refractivity contribution in [1.29, 1.82) is 0 Å². The number of para-hydroxylation sites is 1. The van der Waals surface area contributed by atoms with Gasteiger partial charge in [-0.3, -0.25) is 9.36 Å². The Hall–Kier alpha value is -3.27. The molecule has 0 aliphatic heterocycles. The van der Waals surface area contributed by atoms with Crippen molar-refractivity contribution in [2.45, 2.75) is 11.7 Å². The summed E-state index contributed by atoms with van der Waals surface area (Å²) in [6, 6.07) is 8.25. The number of nitrogens with one attached hydrogen (secondary N) is 1. The number of allylic oxidation sites excluding steroid dienone is 1. The zero-order chi connectivity index (χ0) is 21.0. The highest BCUT2D eigenvalue weighted by Crippen LogP contribution is 2.30. The summed E-state index contributed by atoms with van der Waals surface area (Å²) >= 11 is 1.01. The van der Waals surface area contributed by atoms with Crippen LogP contribution in [0.4, 0.5) is 18.9 Å². The van der Waals surface area contributed by atoms with Gasteiger partial charge in [0.25, 0.3) is 0 Å². The topological polar surface area (TPSA) is 80.0 Å². The summed E-state index contributed by atoms with van der Waals surface area (Å²) in [5.41, 5.74) is -0.000958. The molecule has 0 fully saturated rings. The standard InChI is InChI=1S/C19H15F3N4O2S/c1-2-9-26-18(11-5-3-4-6-14(11)27)24-25-19(26)29-10-15(28)23-13-8-7-12(20)16(21)17(13)22/h2-8,27H,1,9-10H2,(H,23,28). The van der Waals surface area contributed by atoms with Gasteiger partial charge in [0.05, 0.1) is 17.0 Å². The van der Waals surface area contributed by atoms with Crippen molar-refractivity contribution in [3.8, 4) is 17.1 Å². The molecule has 1 aromatic heterocycles. The lowest BCUT2D eigenvalue weighted by molar-refractivity contribution is -0.113. The lowest BCUT2D eigenvalue weighted by Gasteiger charge is -2.09. The van der Waals surface area contributed by atoms with Gasteiger partial charge in [0, 0.05) is 6.54 Å². The van der Waals surface area contributed by atoms with Crippen molar-refractivity contribution in [2.75, 3.05) is 11.1 Å². The molecule has 150 valence electrons. The summed E-state index contributed by atoms with van der Waals surface area (Å²) < 4.78 is 41.6. The Labute approximate surface area is 168 Å². The van der Waals surface area contributed by atoms with Gasteiger partial charge in [0.1, 0.15) is 5.75 Å². The first-order chi connectivity index (χ1) is 13.9. The molecule has 0 atom stereocenters. The number of benzene rings is 2. The van der Waals surface area contributed by atoms with Crippen molar-refractivity contribution in [3.63, 3.8) is 0 Å². The molecule has 0 saturated carbocycles. The van der Waals surface area contributed by atoms with Gasteiger partial charge in [-0.1, -0.05) is 30.0 Å². The molecule has 0 aliphatic rings. The highest BCUT2D eigenvalue weighted by Gasteiger charge is 2.18. The van der Waals surface area contributed by atoms with Crippen LogP contribution in [0.25, 0.3) is 11.4 Å². The molecule has 1 heterocycles. The molecule has 0 radical (unpaired) electrons. The number of anilines is 1. The van der Waals surface area contributed by atoms with Gasteiger partial charge in [-0.05, 0) is 24.3 Å². The van der Waals surface area contributed by atoms with Crippen LogP contribution < -0.4 is 5.32 Å². The molecule has 6 nitrogen and oxygen atoms in total. The Morgan fingerprint density at radius 1 is 1.17 bits per heavy atom. The number of aromatic nitrogens is 3. The minimum absolute atomic E-state index is 0.0216. The van der Waals surface area contributed by atoms with Crippen molar-refractivity contribution >= 4 is 23.4 Å². The molecule has 0 saturated heterocycles. The van der Waals surface area contributed by atoms with Gasteiger partial charge in [0.2, 0.25) is 5.91 Å². The summed E-state index contributed by atoms with van der Waals surface area (Å²) in [4.78, 5) is 12.1. The number of rotatable bonds is 7. The molecule has 0 unspecified atom stereocenters. The van der Waals surface area contributed by atoms with E-state index in [2.05, 4.69) is 22.1 Å². The van der Waals surface area contributed by atoms with Crippen LogP contribution in [0.2, 0.25) is 0 Å². The molecule has 10 heteroatoms. The van der Waals surface area contributed by atoms with E-state index in [9.17, 15) is 23.1 Å². The molecule has 0 aliphatic carbocycles. The first kappa shape index (κ1) is 20.5. The zero-order valence-electron chi connectivity index (χ0n) is 14.9. The maximum absolute atomic E-state index is 13.7. The third-order valence-electron chi connectivity index (χ3n) is 3.82. The minimum atomic E-state index is -1.66. The van der Waals surface area contributed by atoms with Gasteiger partial charge in [0.15, 0.2) is 28.4 Å². The van der Waals surface area contributed by atoms with E-state index in [1.165, 1.54) is 6.07 Å². The van der Waals surface area contributed by atoms with Crippen LogP contribution in [0.15, 0.2) is 54.2 Å². The number of phenols is 1. The second kappa shape index (κ2) is 8.82. The number of aromatic hydroxyl groups is 1. The lowest BCUT2D eigenvalue weighted by atomic mass is 10.2. The van der Waals surface area contributed by atoms with E-state index >= 15 is 0 Å². The molecular weight excluding hydrogens is 405 g/mol. The summed E-state index contributed by atoms with van der Waals surface area (Å²) in [6.07, 6.45) is 1.60. The lowest BCUT2D eigenvalue weighted by Crippen LogP contribution is -2.16. The summed E-state index contributed by atoms with van der Waals surface area (Å²) in [6.45, 7) is 3.99. The number of carbonyl (C=O) groups is 1. The molecule has 2 N–H and O–H groups in total. The second-order valence-corrected chi connectivity index (χ2v) is 6.72. The van der Waals surface area contributed by atoms with Crippen LogP contribution in [-0.2, 0) is 11.3 Å². The van der Waals surface area contributed by atoms with Gasteiger partial charge in [-0.15, -0.1) is 16.8 Å². The molecule has 1 amide bonds. The number of carbonyl (C=O) groups excluding carboxylic acids is 1. The van der Waals surface area contributed by atoms with Crippen LogP contribution in [0.5, 0.6) is 5.75 Å². The van der Waals surface area contributed by atoms with Gasteiger partial charge < -0.3 is 10.4 Å². The highest BCUT2D eigenvalue weighted by atomic mass is 32.2. The molecule has 3 aromatic rings. The fourth-order valence-corrected chi connectivity index (χ4v) is 3.24. The normalized spacial score (nSPS) is 10.7. The average Bonchev–Trinajstić information content (AvgIpc) is 3.10. The number of hydrogen-bond donors (Lipinski definition) is 2. The van der Waals surface area contributed by atoms with E-state index in [0.717, 1.165) is 23.9 Å². The molecule has 29 heavy (non-hydrogen) atoms. The van der Waals surface area contributed by atoms with Crippen LogP contribution in [-0.4, -0.2) is 31.5 Å². The first-order valence-electron chi connectivity index (χ1n) is 8.31. The molecular formula is C19H15F3N4O2S. The maximum Gasteiger partial charge on any atom is 0.234 e. The predicted molar refractivity (Wildman–Crippen MR) is 103 cm³/mol. The SMILES string of the molecule is C=CCn1c(SCC(=O)Nc2ccc(F)c(F)c2F)nnc1-c1ccccc1O. The van der Waals surface area contributed by atoms with Crippen molar-refractivity contribution in [2.24, 2.45) is 0 Å². The third-order valence-corrected chi connectivity index (χ3v) is 4.78. The van der Waals surface area contributed by atoms with E-state index in [4.69, 9.17) is 0 Å². The van der Waals surface area contributed by atoms with E-state index in [-0.39, 0.29) is 11.5 Å². The zero-order valence-corrected chi connectivity index (χ0v) is 15.7. The van der Waals surface area contributed by atoms with Crippen LogP contribution in [0.1, 0.15) is 0 Å². The number of phenolic OH excluding ortho intramolecular Hbond substituents is 1. The number of hydrogen-bond acceptors (Lipinski definition) is 5. The largest absolute Gasteiger partial charge is 0.507 e. The molecule has 0 spiro atoms. The molecule has 2 aromatic carbocycles. The Kier molecular flexibility index (Phi) is 6.23. The quantitative estimate of drug-likeness (QED) is 0.343. The van der Waals surface area contributed by atoms with E-state index in [1.807, 2.05) is 0 Å². The van der Waals surface area contributed by atoms with E-state index < -0.39 is 29.0 Å². The van der Waals surface area contributed by atoms with Crippen molar-refractivity contribution < 1.29 is 23.1 Å². The Bertz CT molecular complexity index is 1070. The van der Waals surface area contributed by atoms with Crippen LogP contribution >= 0.6 is 11.8 Å². The van der Waals surface area contributed by atoms with Crippen molar-refractivity contribution in [1.82, 2.24) is 14.8 Å². The average molecular weight is 420 g/mol. The third kappa shape index (κ3) is 4.43. The summed E-state index contributed by atoms with van der Waals surface area (Å²) in [7, 11) is 0. The van der Waals surface area contributed by atoms with Gasteiger partial charge in [-0.2, -0.15) is 0 Å². The van der Waals surface area contributed by atoms with Crippen molar-refractivity contribution in [3.05, 3.63) is 66.5 Å². The number of thioether (sulfide) groups is 1. The van der Waals surface area contributed by atoms with Crippen LogP contribution in [0, 0.1) is 17.5 Å². The Morgan fingerprint density at radius 3 is 2.66 bits per heavy atom. The fraction of sp³-hybridized carbons (Fsp3) is 0.105. The van der Waals surface area contributed by atoms with Gasteiger partial charge >= 0.3 is 0 Å². The summed E-state index contributed by atoms with van der Waals surface area (Å²) in [5.74, 6) is -4.89. The van der Waals surface area contributed by atoms with E-state index in [0.29, 0.717) is 23.1 Å².